The molecule has 1 saturated heterocycles. The third-order valence-corrected chi connectivity index (χ3v) is 5.99. The van der Waals surface area contributed by atoms with Gasteiger partial charge in [0.25, 0.3) is 5.91 Å². The number of fused-ring (bicyclic) bond motifs is 3. The van der Waals surface area contributed by atoms with Gasteiger partial charge in [0.05, 0.1) is 23.5 Å². The predicted octanol–water partition coefficient (Wildman–Crippen LogP) is 3.68. The quantitative estimate of drug-likeness (QED) is 0.841. The third kappa shape index (κ3) is 2.43. The lowest BCUT2D eigenvalue weighted by Crippen LogP contribution is -2.43. The van der Waals surface area contributed by atoms with Gasteiger partial charge in [-0.15, -0.1) is 0 Å². The van der Waals surface area contributed by atoms with Crippen LogP contribution < -0.4 is 0 Å². The second kappa shape index (κ2) is 5.87. The number of nitrogens with zero attached hydrogens (tertiary/aromatic N) is 3. The Morgan fingerprint density at radius 3 is 2.84 bits per heavy atom. The Morgan fingerprint density at radius 1 is 1.12 bits per heavy atom. The van der Waals surface area contributed by atoms with Gasteiger partial charge in [0.1, 0.15) is 0 Å². The van der Waals surface area contributed by atoms with Gasteiger partial charge in [0.2, 0.25) is 0 Å². The SMILES string of the molecule is O=C(c1cnn2c1CCCC2)N1C2C=C(c3ccccc3)CC1CC2. The van der Waals surface area contributed by atoms with E-state index in [1.54, 1.807) is 6.20 Å². The van der Waals surface area contributed by atoms with E-state index in [4.69, 9.17) is 0 Å². The minimum Gasteiger partial charge on any atom is -0.329 e. The molecular weight excluding hydrogens is 310 g/mol. The van der Waals surface area contributed by atoms with Crippen LogP contribution in [0.5, 0.6) is 0 Å². The zero-order chi connectivity index (χ0) is 16.8. The van der Waals surface area contributed by atoms with Crippen LogP contribution in [-0.4, -0.2) is 32.7 Å². The van der Waals surface area contributed by atoms with E-state index in [9.17, 15) is 4.79 Å². The summed E-state index contributed by atoms with van der Waals surface area (Å²) in [6, 6.07) is 11.2. The van der Waals surface area contributed by atoms with Gasteiger partial charge < -0.3 is 4.90 Å². The maximum absolute atomic E-state index is 13.3. The Bertz CT molecular complexity index is 836. The standard InChI is InChI=1S/C21H23N3O/c25-21(19-14-22-23-11-5-4-8-20(19)23)24-17-9-10-18(24)13-16(12-17)15-6-2-1-3-7-15/h1-3,6-7,12,14,17-18H,4-5,8-11,13H2. The average Bonchev–Trinajstić information content (AvgIpc) is 3.20. The van der Waals surface area contributed by atoms with Crippen LogP contribution in [0.15, 0.2) is 42.6 Å². The Labute approximate surface area is 148 Å². The summed E-state index contributed by atoms with van der Waals surface area (Å²) >= 11 is 0. The topological polar surface area (TPSA) is 38.1 Å². The van der Waals surface area contributed by atoms with Gasteiger partial charge in [-0.3, -0.25) is 9.48 Å². The van der Waals surface area contributed by atoms with E-state index >= 15 is 0 Å². The van der Waals surface area contributed by atoms with Crippen LogP contribution in [0.3, 0.4) is 0 Å². The molecule has 0 radical (unpaired) electrons. The zero-order valence-corrected chi connectivity index (χ0v) is 14.4. The largest absolute Gasteiger partial charge is 0.329 e. The summed E-state index contributed by atoms with van der Waals surface area (Å²) in [5, 5.41) is 4.46. The highest BCUT2D eigenvalue weighted by Gasteiger charge is 2.41. The number of aromatic nitrogens is 2. The first-order valence-electron chi connectivity index (χ1n) is 9.45. The van der Waals surface area contributed by atoms with Crippen LogP contribution in [0.1, 0.15) is 53.7 Å². The monoisotopic (exact) mass is 333 g/mol. The van der Waals surface area contributed by atoms with Crippen molar-refractivity contribution in [3.8, 4) is 0 Å². The molecule has 2 bridgehead atoms. The van der Waals surface area contributed by atoms with E-state index in [0.29, 0.717) is 6.04 Å². The normalized spacial score (nSPS) is 24.8. The van der Waals surface area contributed by atoms with Gasteiger partial charge in [-0.2, -0.15) is 5.10 Å². The molecule has 1 aromatic heterocycles. The maximum atomic E-state index is 13.3. The summed E-state index contributed by atoms with van der Waals surface area (Å²) in [4.78, 5) is 15.4. The molecule has 2 aromatic rings. The zero-order valence-electron chi connectivity index (χ0n) is 14.4. The van der Waals surface area contributed by atoms with Crippen molar-refractivity contribution in [2.75, 3.05) is 0 Å². The van der Waals surface area contributed by atoms with Crippen LogP contribution in [0.4, 0.5) is 0 Å². The molecule has 0 spiro atoms. The smallest absolute Gasteiger partial charge is 0.258 e. The second-order valence-corrected chi connectivity index (χ2v) is 7.46. The first-order valence-corrected chi connectivity index (χ1v) is 9.45. The van der Waals surface area contributed by atoms with Crippen molar-refractivity contribution in [1.29, 1.82) is 0 Å². The lowest BCUT2D eigenvalue weighted by molar-refractivity contribution is 0.0690. The van der Waals surface area contributed by atoms with Crippen LogP contribution in [0, 0.1) is 0 Å². The van der Waals surface area contributed by atoms with Crippen LogP contribution in [-0.2, 0) is 13.0 Å². The number of carbonyl (C=O) groups is 1. The van der Waals surface area contributed by atoms with Gasteiger partial charge in [-0.1, -0.05) is 36.4 Å². The summed E-state index contributed by atoms with van der Waals surface area (Å²) in [6.45, 7) is 0.952. The van der Waals surface area contributed by atoms with Crippen molar-refractivity contribution in [3.05, 3.63) is 59.4 Å². The van der Waals surface area contributed by atoms with Crippen molar-refractivity contribution >= 4 is 11.5 Å². The van der Waals surface area contributed by atoms with E-state index in [1.807, 2.05) is 4.68 Å². The molecule has 4 nitrogen and oxygen atoms in total. The summed E-state index contributed by atoms with van der Waals surface area (Å²) in [5.41, 5.74) is 4.69. The first kappa shape index (κ1) is 14.9. The van der Waals surface area contributed by atoms with E-state index in [2.05, 4.69) is 46.4 Å². The van der Waals surface area contributed by atoms with Gasteiger partial charge in [0, 0.05) is 12.6 Å². The highest BCUT2D eigenvalue weighted by atomic mass is 16.2. The van der Waals surface area contributed by atoms with E-state index < -0.39 is 0 Å². The molecule has 0 aliphatic carbocycles. The Balaban J connectivity index is 1.45. The van der Waals surface area contributed by atoms with E-state index in [-0.39, 0.29) is 11.9 Å². The fraction of sp³-hybridized carbons (Fsp3) is 0.429. The third-order valence-electron chi connectivity index (χ3n) is 5.99. The minimum atomic E-state index is 0.194. The number of hydrogen-bond donors (Lipinski definition) is 0. The minimum absolute atomic E-state index is 0.194. The number of rotatable bonds is 2. The molecule has 1 fully saturated rings. The Morgan fingerprint density at radius 2 is 2.00 bits per heavy atom. The Kier molecular flexibility index (Phi) is 3.51. The molecule has 128 valence electrons. The van der Waals surface area contributed by atoms with Crippen LogP contribution in [0.2, 0.25) is 0 Å². The molecular formula is C21H23N3O. The molecule has 2 atom stereocenters. The second-order valence-electron chi connectivity index (χ2n) is 7.46. The van der Waals surface area contributed by atoms with Gasteiger partial charge in [-0.05, 0) is 49.7 Å². The molecule has 1 amide bonds. The Hall–Kier alpha value is -2.36. The molecule has 4 heteroatoms. The first-order chi connectivity index (χ1) is 12.3. The predicted molar refractivity (Wildman–Crippen MR) is 97.2 cm³/mol. The maximum Gasteiger partial charge on any atom is 0.258 e. The van der Waals surface area contributed by atoms with E-state index in [1.165, 1.54) is 17.6 Å². The van der Waals surface area contributed by atoms with Gasteiger partial charge >= 0.3 is 0 Å². The highest BCUT2D eigenvalue weighted by molar-refractivity contribution is 5.96. The average molecular weight is 333 g/mol. The summed E-state index contributed by atoms with van der Waals surface area (Å²) in [7, 11) is 0. The van der Waals surface area contributed by atoms with Crippen molar-refractivity contribution < 1.29 is 4.79 Å². The number of hydrogen-bond acceptors (Lipinski definition) is 2. The molecule has 0 saturated carbocycles. The number of benzene rings is 1. The molecule has 5 rings (SSSR count). The lowest BCUT2D eigenvalue weighted by Gasteiger charge is -2.34. The number of aryl methyl sites for hydroxylation is 1. The highest BCUT2D eigenvalue weighted by Crippen LogP contribution is 2.39. The summed E-state index contributed by atoms with van der Waals surface area (Å²) < 4.78 is 2.04. The lowest BCUT2D eigenvalue weighted by atomic mass is 9.94. The van der Waals surface area contributed by atoms with Crippen molar-refractivity contribution in [3.63, 3.8) is 0 Å². The molecule has 3 aliphatic heterocycles. The van der Waals surface area contributed by atoms with Gasteiger partial charge in [-0.25, -0.2) is 0 Å². The summed E-state index contributed by atoms with van der Waals surface area (Å²) in [6.07, 6.45) is 10.6. The van der Waals surface area contributed by atoms with Crippen LogP contribution in [0.25, 0.3) is 5.57 Å². The fourth-order valence-corrected chi connectivity index (χ4v) is 4.75. The molecule has 2 unspecified atom stereocenters. The van der Waals surface area contributed by atoms with Crippen molar-refractivity contribution in [2.45, 2.75) is 57.2 Å². The van der Waals surface area contributed by atoms with Crippen molar-refractivity contribution in [2.24, 2.45) is 0 Å². The summed E-state index contributed by atoms with van der Waals surface area (Å²) in [5.74, 6) is 0.194. The molecule has 0 N–H and O–H groups in total. The van der Waals surface area contributed by atoms with E-state index in [0.717, 1.165) is 49.9 Å². The van der Waals surface area contributed by atoms with Gasteiger partial charge in [0.15, 0.2) is 0 Å². The molecule has 25 heavy (non-hydrogen) atoms. The number of carbonyl (C=O) groups excluding carboxylic acids is 1. The van der Waals surface area contributed by atoms with Crippen molar-refractivity contribution in [1.82, 2.24) is 14.7 Å². The number of amides is 1. The van der Waals surface area contributed by atoms with Crippen LogP contribution >= 0.6 is 0 Å². The fourth-order valence-electron chi connectivity index (χ4n) is 4.75. The molecule has 3 aliphatic rings. The molecule has 1 aromatic carbocycles. The molecule has 4 heterocycles.